The summed E-state index contributed by atoms with van der Waals surface area (Å²) >= 11 is 0. The summed E-state index contributed by atoms with van der Waals surface area (Å²) < 4.78 is 38.0. The molecule has 0 bridgehead atoms. The fraction of sp³-hybridized carbons (Fsp3) is 0.487. The Kier molecular flexibility index (Phi) is 11.9. The molecule has 0 radical (unpaired) electrons. The number of nitrogens with one attached hydrogen (secondary N) is 3. The molecule has 2 aliphatic rings. The first-order chi connectivity index (χ1) is 25.2. The first-order valence-electron chi connectivity index (χ1n) is 18.3. The largest absolute Gasteiger partial charge is 0.496 e. The van der Waals surface area contributed by atoms with Crippen LogP contribution in [-0.4, -0.2) is 78.2 Å². The Hall–Kier alpha value is -4.78. The quantitative estimate of drug-likeness (QED) is 0.144. The summed E-state index contributed by atoms with van der Waals surface area (Å²) in [5, 5.41) is 13.0. The second kappa shape index (κ2) is 16.7. The van der Waals surface area contributed by atoms with E-state index in [9.17, 15) is 14.4 Å². The summed E-state index contributed by atoms with van der Waals surface area (Å²) in [6.45, 7) is 3.87. The molecule has 2 fully saturated rings. The number of piperidine rings is 2. The number of hydrogen-bond acceptors (Lipinski definition) is 8. The topological polar surface area (TPSA) is 125 Å². The Balaban J connectivity index is 0.959. The molecule has 2 aliphatic heterocycles. The molecule has 0 saturated carbocycles. The lowest BCUT2D eigenvalue weighted by Gasteiger charge is -2.36. The number of H-pyrrole nitrogens is 1. The van der Waals surface area contributed by atoms with E-state index in [1.807, 2.05) is 6.07 Å². The Morgan fingerprint density at radius 1 is 1.06 bits per heavy atom. The first-order valence-corrected chi connectivity index (χ1v) is 18.3. The van der Waals surface area contributed by atoms with Crippen LogP contribution in [-0.2, 0) is 23.2 Å². The molecule has 13 heteroatoms. The van der Waals surface area contributed by atoms with Gasteiger partial charge in [-0.05, 0) is 92.9 Å². The van der Waals surface area contributed by atoms with Gasteiger partial charge in [0, 0.05) is 68.5 Å². The zero-order chi connectivity index (χ0) is 36.8. The number of methoxy groups -OCH3 is 1. The van der Waals surface area contributed by atoms with Gasteiger partial charge in [-0.1, -0.05) is 12.8 Å². The molecule has 52 heavy (non-hydrogen) atoms. The van der Waals surface area contributed by atoms with E-state index in [1.54, 1.807) is 45.7 Å². The van der Waals surface area contributed by atoms with Crippen molar-refractivity contribution in [3.8, 4) is 16.9 Å². The predicted octanol–water partition coefficient (Wildman–Crippen LogP) is 5.63. The maximum Gasteiger partial charge on any atom is 0.276 e. The van der Waals surface area contributed by atoms with Crippen LogP contribution in [0.2, 0.25) is 0 Å². The molecule has 1 unspecified atom stereocenters. The fourth-order valence-electron chi connectivity index (χ4n) is 7.73. The molecule has 1 atom stereocenters. The van der Waals surface area contributed by atoms with Crippen LogP contribution in [0.3, 0.4) is 0 Å². The molecule has 0 aliphatic carbocycles. The van der Waals surface area contributed by atoms with E-state index in [4.69, 9.17) is 4.74 Å². The van der Waals surface area contributed by atoms with Crippen LogP contribution in [0.5, 0.6) is 5.75 Å². The van der Waals surface area contributed by atoms with Crippen molar-refractivity contribution in [2.45, 2.75) is 64.0 Å². The van der Waals surface area contributed by atoms with Gasteiger partial charge in [0.15, 0.2) is 0 Å². The van der Waals surface area contributed by atoms with E-state index >= 15 is 8.78 Å². The lowest BCUT2D eigenvalue weighted by atomic mass is 9.85. The number of pyridine rings is 1. The number of halogens is 2. The van der Waals surface area contributed by atoms with Crippen molar-refractivity contribution in [2.24, 2.45) is 18.9 Å². The molecule has 11 nitrogen and oxygen atoms in total. The van der Waals surface area contributed by atoms with Gasteiger partial charge in [0.2, 0.25) is 5.91 Å². The molecule has 1 amide bonds. The van der Waals surface area contributed by atoms with Gasteiger partial charge in [0.25, 0.3) is 5.56 Å². The average molecular weight is 718 g/mol. The van der Waals surface area contributed by atoms with Gasteiger partial charge in [-0.25, -0.2) is 8.78 Å². The van der Waals surface area contributed by atoms with Crippen LogP contribution in [0.1, 0.15) is 56.9 Å². The van der Waals surface area contributed by atoms with Crippen LogP contribution < -0.4 is 25.8 Å². The Labute approximate surface area is 302 Å². The van der Waals surface area contributed by atoms with Crippen molar-refractivity contribution in [3.63, 3.8) is 0 Å². The molecular formula is C39H49F2N7O4. The van der Waals surface area contributed by atoms with Gasteiger partial charge in [0.05, 0.1) is 25.0 Å². The maximum absolute atomic E-state index is 15.7. The smallest absolute Gasteiger partial charge is 0.276 e. The average Bonchev–Trinajstić information content (AvgIpc) is 3.66. The number of aromatic amines is 1. The van der Waals surface area contributed by atoms with E-state index in [0.717, 1.165) is 64.6 Å². The van der Waals surface area contributed by atoms with Gasteiger partial charge in [-0.2, -0.15) is 5.10 Å². The van der Waals surface area contributed by atoms with Gasteiger partial charge in [0.1, 0.15) is 29.2 Å². The highest BCUT2D eigenvalue weighted by Crippen LogP contribution is 2.35. The third-order valence-corrected chi connectivity index (χ3v) is 10.9. The zero-order valence-electron chi connectivity index (χ0n) is 30.2. The molecule has 6 rings (SSSR count). The van der Waals surface area contributed by atoms with E-state index in [2.05, 4.69) is 30.6 Å². The summed E-state index contributed by atoms with van der Waals surface area (Å²) in [5.41, 5.74) is 3.16. The summed E-state index contributed by atoms with van der Waals surface area (Å²) in [6.07, 6.45) is 11.1. The Bertz CT molecular complexity index is 1930. The van der Waals surface area contributed by atoms with Crippen LogP contribution in [0.4, 0.5) is 20.2 Å². The van der Waals surface area contributed by atoms with E-state index in [1.165, 1.54) is 23.1 Å². The van der Waals surface area contributed by atoms with Gasteiger partial charge in [-0.15, -0.1) is 0 Å². The van der Waals surface area contributed by atoms with E-state index in [-0.39, 0.29) is 29.5 Å². The minimum Gasteiger partial charge on any atom is -0.496 e. The number of benzene rings is 2. The van der Waals surface area contributed by atoms with Crippen LogP contribution in [0.25, 0.3) is 22.0 Å². The lowest BCUT2D eigenvalue weighted by Crippen LogP contribution is -2.35. The number of aromatic nitrogens is 3. The SMILES string of the molecule is CNC(=O)CCC(C=O)Nc1ccc(N2CCC(CCC3CCN(Cc4c(F)cc(-c5cn(C)c(=O)c6[nH]ncc56)cc4OC)CC3)CC2)c(F)c1. The highest BCUT2D eigenvalue weighted by atomic mass is 19.1. The summed E-state index contributed by atoms with van der Waals surface area (Å²) in [5.74, 6) is 0.938. The molecule has 4 heterocycles. The second-order valence-electron chi connectivity index (χ2n) is 14.2. The van der Waals surface area contributed by atoms with Gasteiger partial charge < -0.3 is 29.6 Å². The standard InChI is InChI=1S/C39H49F2N7O4/c1-42-37(50)9-7-29(24-49)44-28-6-8-35(34(41)20-28)48-16-12-26(13-17-48)5-4-25-10-14-47(15-11-25)23-32-33(40)18-27(19-36(32)52-3)31-22-46(2)39(51)38-30(31)21-43-45-38/h6,8,18-22,24-26,29,44H,4-5,7,9-17,23H2,1-3H3,(H,42,50)(H,43,45). The van der Waals surface area contributed by atoms with E-state index < -0.39 is 6.04 Å². The number of carbonyl (C=O) groups is 2. The molecular weight excluding hydrogens is 668 g/mol. The normalized spacial score (nSPS) is 16.6. The third-order valence-electron chi connectivity index (χ3n) is 10.9. The van der Waals surface area contributed by atoms with Crippen LogP contribution in [0, 0.1) is 23.5 Å². The summed E-state index contributed by atoms with van der Waals surface area (Å²) in [6, 6.07) is 7.79. The van der Waals surface area contributed by atoms with Crippen molar-refractivity contribution in [1.29, 1.82) is 0 Å². The van der Waals surface area contributed by atoms with Crippen molar-refractivity contribution < 1.29 is 23.1 Å². The Morgan fingerprint density at radius 3 is 2.42 bits per heavy atom. The molecule has 2 aromatic heterocycles. The van der Waals surface area contributed by atoms with E-state index in [0.29, 0.717) is 69.5 Å². The molecule has 4 aromatic rings. The Morgan fingerprint density at radius 2 is 1.77 bits per heavy atom. The molecule has 3 N–H and O–H groups in total. The highest BCUT2D eigenvalue weighted by molar-refractivity contribution is 5.93. The van der Waals surface area contributed by atoms with Gasteiger partial charge in [-0.3, -0.25) is 19.6 Å². The zero-order valence-corrected chi connectivity index (χ0v) is 30.2. The van der Waals surface area contributed by atoms with Crippen molar-refractivity contribution in [3.05, 3.63) is 70.3 Å². The number of amides is 1. The molecule has 0 spiro atoms. The summed E-state index contributed by atoms with van der Waals surface area (Å²) in [7, 11) is 4.78. The predicted molar refractivity (Wildman–Crippen MR) is 199 cm³/mol. The molecule has 278 valence electrons. The number of rotatable bonds is 14. The van der Waals surface area contributed by atoms with Crippen LogP contribution in [0.15, 0.2) is 47.5 Å². The number of ether oxygens (including phenoxy) is 1. The number of aldehydes is 1. The number of nitrogens with zero attached hydrogens (tertiary/aromatic N) is 4. The number of likely N-dealkylation sites (tertiary alicyclic amines) is 1. The van der Waals surface area contributed by atoms with Crippen molar-refractivity contribution in [2.75, 3.05) is 50.6 Å². The number of hydrogen-bond donors (Lipinski definition) is 3. The second-order valence-corrected chi connectivity index (χ2v) is 14.2. The maximum atomic E-state index is 15.7. The summed E-state index contributed by atoms with van der Waals surface area (Å²) in [4.78, 5) is 39.9. The monoisotopic (exact) mass is 717 g/mol. The van der Waals surface area contributed by atoms with Crippen LogP contribution >= 0.6 is 0 Å². The number of anilines is 2. The van der Waals surface area contributed by atoms with Gasteiger partial charge >= 0.3 is 0 Å². The number of carbonyl (C=O) groups excluding carboxylic acids is 2. The molecule has 2 aromatic carbocycles. The van der Waals surface area contributed by atoms with Crippen molar-refractivity contribution in [1.82, 2.24) is 25.0 Å². The number of aryl methyl sites for hydroxylation is 1. The minimum atomic E-state index is -0.565. The third kappa shape index (κ3) is 8.46. The molecule has 2 saturated heterocycles. The first kappa shape index (κ1) is 37.0. The highest BCUT2D eigenvalue weighted by Gasteiger charge is 2.26. The minimum absolute atomic E-state index is 0.143. The number of fused-ring (bicyclic) bond motifs is 1. The van der Waals surface area contributed by atoms with Crippen molar-refractivity contribution >= 4 is 34.5 Å². The fourth-order valence-corrected chi connectivity index (χ4v) is 7.73. The lowest BCUT2D eigenvalue weighted by molar-refractivity contribution is -0.120.